The number of aromatic nitrogens is 3. The molecule has 6 nitrogen and oxygen atoms in total. The topological polar surface area (TPSA) is 66.1 Å². The minimum Gasteiger partial charge on any atom is -0.468 e. The molecular weight excluding hydrogens is 278 g/mol. The highest BCUT2D eigenvalue weighted by Gasteiger charge is 2.18. The summed E-state index contributed by atoms with van der Waals surface area (Å²) >= 11 is 1.54. The molecule has 0 amide bonds. The van der Waals surface area contributed by atoms with E-state index in [2.05, 4.69) is 9.84 Å². The van der Waals surface area contributed by atoms with Gasteiger partial charge in [-0.1, -0.05) is 13.8 Å². The minimum absolute atomic E-state index is 0.169. The number of thiophene rings is 1. The van der Waals surface area contributed by atoms with Crippen molar-refractivity contribution in [2.24, 2.45) is 5.92 Å². The van der Waals surface area contributed by atoms with E-state index in [0.717, 1.165) is 10.2 Å². The number of esters is 1. The molecule has 0 N–H and O–H groups in total. The second-order valence-electron chi connectivity index (χ2n) is 4.86. The van der Waals surface area contributed by atoms with Crippen LogP contribution in [0.3, 0.4) is 0 Å². The first-order valence-electron chi connectivity index (χ1n) is 6.30. The summed E-state index contributed by atoms with van der Waals surface area (Å²) in [5.41, 5.74) is 0.599. The number of methoxy groups -OCH3 is 1. The van der Waals surface area contributed by atoms with E-state index in [1.165, 1.54) is 18.4 Å². The van der Waals surface area contributed by atoms with Crippen molar-refractivity contribution in [2.75, 3.05) is 7.11 Å². The van der Waals surface area contributed by atoms with Gasteiger partial charge < -0.3 is 4.74 Å². The molecule has 2 rings (SSSR count). The summed E-state index contributed by atoms with van der Waals surface area (Å²) < 4.78 is 7.34. The van der Waals surface area contributed by atoms with Crippen LogP contribution in [0, 0.1) is 5.92 Å². The first-order valence-corrected chi connectivity index (χ1v) is 7.24. The number of carbonyl (C=O) groups is 1. The Morgan fingerprint density at radius 1 is 1.50 bits per heavy atom. The number of ether oxygens (including phenoxy) is 1. The van der Waals surface area contributed by atoms with E-state index in [9.17, 15) is 9.59 Å². The molecule has 0 unspecified atom stereocenters. The number of carbonyl (C=O) groups excluding carboxylic acids is 1. The molecule has 20 heavy (non-hydrogen) atoms. The number of rotatable bonds is 5. The van der Waals surface area contributed by atoms with Gasteiger partial charge in [-0.05, 0) is 17.4 Å². The van der Waals surface area contributed by atoms with Crippen LogP contribution >= 0.6 is 11.3 Å². The van der Waals surface area contributed by atoms with Gasteiger partial charge in [0.25, 0.3) is 0 Å². The van der Waals surface area contributed by atoms with E-state index in [4.69, 9.17) is 0 Å². The van der Waals surface area contributed by atoms with Crippen LogP contribution in [0.4, 0.5) is 0 Å². The summed E-state index contributed by atoms with van der Waals surface area (Å²) in [6.07, 6.45) is 0. The van der Waals surface area contributed by atoms with Crippen LogP contribution in [0.5, 0.6) is 0 Å². The van der Waals surface area contributed by atoms with Crippen molar-refractivity contribution < 1.29 is 9.53 Å². The van der Waals surface area contributed by atoms with Crippen molar-refractivity contribution in [2.45, 2.75) is 26.9 Å². The predicted octanol–water partition coefficient (Wildman–Crippen LogP) is 1.60. The average molecular weight is 295 g/mol. The molecular formula is C13H17N3O3S. The van der Waals surface area contributed by atoms with Crippen molar-refractivity contribution in [3.05, 3.63) is 27.3 Å². The quantitative estimate of drug-likeness (QED) is 0.786. The van der Waals surface area contributed by atoms with E-state index in [1.54, 1.807) is 4.57 Å². The van der Waals surface area contributed by atoms with Gasteiger partial charge >= 0.3 is 11.7 Å². The molecule has 0 aromatic carbocycles. The van der Waals surface area contributed by atoms with Crippen LogP contribution < -0.4 is 5.69 Å². The van der Waals surface area contributed by atoms with Crippen LogP contribution in [0.25, 0.3) is 11.4 Å². The molecule has 0 radical (unpaired) electrons. The highest BCUT2D eigenvalue weighted by Crippen LogP contribution is 2.19. The molecule has 0 saturated carbocycles. The maximum absolute atomic E-state index is 12.3. The lowest BCUT2D eigenvalue weighted by Gasteiger charge is -2.06. The second-order valence-corrected chi connectivity index (χ2v) is 5.64. The third-order valence-corrected chi connectivity index (χ3v) is 3.44. The van der Waals surface area contributed by atoms with Gasteiger partial charge in [-0.2, -0.15) is 11.3 Å². The first kappa shape index (κ1) is 14.5. The molecule has 2 heterocycles. The van der Waals surface area contributed by atoms with Gasteiger partial charge in [0.05, 0.1) is 7.11 Å². The van der Waals surface area contributed by atoms with Gasteiger partial charge in [-0.3, -0.25) is 9.36 Å². The van der Waals surface area contributed by atoms with Crippen molar-refractivity contribution in [1.29, 1.82) is 0 Å². The molecule has 0 aliphatic carbocycles. The zero-order valence-electron chi connectivity index (χ0n) is 11.7. The molecule has 0 aliphatic rings. The summed E-state index contributed by atoms with van der Waals surface area (Å²) in [7, 11) is 1.29. The molecule has 0 saturated heterocycles. The van der Waals surface area contributed by atoms with E-state index in [-0.39, 0.29) is 12.2 Å². The monoisotopic (exact) mass is 295 g/mol. The maximum atomic E-state index is 12.3. The fraction of sp³-hybridized carbons (Fsp3) is 0.462. The third-order valence-electron chi connectivity index (χ3n) is 2.76. The molecule has 108 valence electrons. The lowest BCUT2D eigenvalue weighted by molar-refractivity contribution is -0.141. The van der Waals surface area contributed by atoms with Crippen molar-refractivity contribution in [3.8, 4) is 11.4 Å². The van der Waals surface area contributed by atoms with Crippen LogP contribution in [-0.2, 0) is 22.6 Å². The lowest BCUT2D eigenvalue weighted by Crippen LogP contribution is -2.29. The minimum atomic E-state index is -0.488. The summed E-state index contributed by atoms with van der Waals surface area (Å²) in [6.45, 7) is 4.45. The van der Waals surface area contributed by atoms with Gasteiger partial charge in [-0.15, -0.1) is 5.10 Å². The molecule has 2 aromatic heterocycles. The number of hydrogen-bond acceptors (Lipinski definition) is 5. The van der Waals surface area contributed by atoms with Gasteiger partial charge in [0.15, 0.2) is 5.82 Å². The van der Waals surface area contributed by atoms with Gasteiger partial charge in [0, 0.05) is 17.5 Å². The van der Waals surface area contributed by atoms with E-state index in [1.807, 2.05) is 30.7 Å². The zero-order valence-corrected chi connectivity index (χ0v) is 12.5. The Kier molecular flexibility index (Phi) is 4.39. The molecule has 0 bridgehead atoms. The summed E-state index contributed by atoms with van der Waals surface area (Å²) in [6, 6.07) is 1.91. The van der Waals surface area contributed by atoms with Crippen LogP contribution in [0.15, 0.2) is 21.6 Å². The van der Waals surface area contributed by atoms with Crippen molar-refractivity contribution >= 4 is 17.3 Å². The van der Waals surface area contributed by atoms with Gasteiger partial charge in [0.1, 0.15) is 6.54 Å². The molecule has 0 atom stereocenters. The summed E-state index contributed by atoms with van der Waals surface area (Å²) in [4.78, 5) is 23.7. The average Bonchev–Trinajstić information content (AvgIpc) is 3.01. The second kappa shape index (κ2) is 6.04. The molecule has 0 aliphatic heterocycles. The smallest absolute Gasteiger partial charge is 0.346 e. The SMILES string of the molecule is COC(=O)Cn1nc(-c2ccsc2)n(CC(C)C)c1=O. The zero-order chi connectivity index (χ0) is 14.7. The Bertz CT molecular complexity index is 640. The van der Waals surface area contributed by atoms with E-state index >= 15 is 0 Å². The first-order chi connectivity index (χ1) is 9.52. The van der Waals surface area contributed by atoms with E-state index in [0.29, 0.717) is 18.3 Å². The van der Waals surface area contributed by atoms with Crippen LogP contribution in [0.1, 0.15) is 13.8 Å². The van der Waals surface area contributed by atoms with Gasteiger partial charge in [-0.25, -0.2) is 9.48 Å². The van der Waals surface area contributed by atoms with Gasteiger partial charge in [0.2, 0.25) is 0 Å². The Morgan fingerprint density at radius 3 is 2.80 bits per heavy atom. The van der Waals surface area contributed by atoms with E-state index < -0.39 is 5.97 Å². The van der Waals surface area contributed by atoms with Crippen molar-refractivity contribution in [3.63, 3.8) is 0 Å². The fourth-order valence-electron chi connectivity index (χ4n) is 1.87. The predicted molar refractivity (Wildman–Crippen MR) is 76.7 cm³/mol. The number of nitrogens with zero attached hydrogens (tertiary/aromatic N) is 3. The Balaban J connectivity index is 2.46. The van der Waals surface area contributed by atoms with Crippen molar-refractivity contribution in [1.82, 2.24) is 14.3 Å². The highest BCUT2D eigenvalue weighted by atomic mass is 32.1. The maximum Gasteiger partial charge on any atom is 0.346 e. The molecule has 2 aromatic rings. The lowest BCUT2D eigenvalue weighted by atomic mass is 10.2. The molecule has 0 fully saturated rings. The number of hydrogen-bond donors (Lipinski definition) is 0. The standard InChI is InChI=1S/C13H17N3O3S/c1-9(2)6-15-12(10-4-5-20-8-10)14-16(13(15)18)7-11(17)19-3/h4-5,8-9H,6-7H2,1-3H3. The highest BCUT2D eigenvalue weighted by molar-refractivity contribution is 7.08. The Hall–Kier alpha value is -1.89. The third kappa shape index (κ3) is 2.98. The summed E-state index contributed by atoms with van der Waals surface area (Å²) in [5.74, 6) is 0.410. The largest absolute Gasteiger partial charge is 0.468 e. The van der Waals surface area contributed by atoms with Crippen LogP contribution in [0.2, 0.25) is 0 Å². The Morgan fingerprint density at radius 2 is 2.25 bits per heavy atom. The normalized spacial score (nSPS) is 11.0. The van der Waals surface area contributed by atoms with Crippen LogP contribution in [-0.4, -0.2) is 27.4 Å². The molecule has 7 heteroatoms. The summed E-state index contributed by atoms with van der Waals surface area (Å²) in [5, 5.41) is 8.13. The molecule has 0 spiro atoms. The fourth-order valence-corrected chi connectivity index (χ4v) is 2.50. The Labute approximate surface area is 120 Å².